The summed E-state index contributed by atoms with van der Waals surface area (Å²) >= 11 is 0. The normalized spacial score (nSPS) is 12.6. The lowest BCUT2D eigenvalue weighted by atomic mass is 9.95. The molecule has 196 valence electrons. The SMILES string of the molecule is Cc1cc(C(C)CC(=O)Nc2ccc(-c3ccc(C(F)(F)F)cc3)nc2C)ccc1OC(C)(C)C(=O)O. The minimum absolute atomic E-state index is 0.125. The second kappa shape index (κ2) is 10.6. The Balaban J connectivity index is 1.65. The van der Waals surface area contributed by atoms with Crippen LogP contribution in [-0.4, -0.2) is 27.6 Å². The van der Waals surface area contributed by atoms with Crippen LogP contribution in [0.5, 0.6) is 5.75 Å². The smallest absolute Gasteiger partial charge is 0.416 e. The molecule has 3 rings (SSSR count). The molecule has 9 heteroatoms. The van der Waals surface area contributed by atoms with Gasteiger partial charge in [-0.15, -0.1) is 0 Å². The van der Waals surface area contributed by atoms with Gasteiger partial charge in [-0.2, -0.15) is 13.2 Å². The molecular weight excluding hydrogens is 485 g/mol. The van der Waals surface area contributed by atoms with Crippen LogP contribution in [0, 0.1) is 13.8 Å². The fraction of sp³-hybridized carbons (Fsp3) is 0.321. The molecule has 0 saturated carbocycles. The highest BCUT2D eigenvalue weighted by Gasteiger charge is 2.31. The zero-order chi connectivity index (χ0) is 27.5. The number of nitrogens with one attached hydrogen (secondary N) is 1. The number of hydrogen-bond donors (Lipinski definition) is 2. The quantitative estimate of drug-likeness (QED) is 0.347. The van der Waals surface area contributed by atoms with Crippen LogP contribution in [0.15, 0.2) is 54.6 Å². The van der Waals surface area contributed by atoms with Crippen molar-refractivity contribution >= 4 is 17.6 Å². The standard InChI is InChI=1S/C28H29F3N2O4/c1-16(20-8-13-24(17(2)14-20)37-27(4,5)26(35)36)15-25(34)33-22-11-12-23(32-18(22)3)19-6-9-21(10-7-19)28(29,30)31/h6-14,16H,15H2,1-5H3,(H,33,34)(H,35,36). The molecule has 1 unspecified atom stereocenters. The van der Waals surface area contributed by atoms with E-state index >= 15 is 0 Å². The summed E-state index contributed by atoms with van der Waals surface area (Å²) in [4.78, 5) is 28.5. The number of ether oxygens (including phenoxy) is 1. The Bertz CT molecular complexity index is 1300. The van der Waals surface area contributed by atoms with Crippen molar-refractivity contribution in [1.82, 2.24) is 4.98 Å². The van der Waals surface area contributed by atoms with Crippen LogP contribution in [-0.2, 0) is 15.8 Å². The van der Waals surface area contributed by atoms with E-state index < -0.39 is 23.3 Å². The van der Waals surface area contributed by atoms with Crippen LogP contribution in [0.25, 0.3) is 11.3 Å². The molecule has 0 spiro atoms. The average Bonchev–Trinajstić information content (AvgIpc) is 2.81. The van der Waals surface area contributed by atoms with E-state index in [4.69, 9.17) is 4.74 Å². The summed E-state index contributed by atoms with van der Waals surface area (Å²) < 4.78 is 44.0. The number of aliphatic carboxylic acids is 1. The molecule has 2 aromatic carbocycles. The first-order chi connectivity index (χ1) is 17.2. The summed E-state index contributed by atoms with van der Waals surface area (Å²) in [5.74, 6) is -0.953. The zero-order valence-electron chi connectivity index (χ0n) is 21.2. The van der Waals surface area contributed by atoms with Crippen molar-refractivity contribution in [2.45, 2.75) is 58.7 Å². The maximum absolute atomic E-state index is 12.8. The first kappa shape index (κ1) is 27.7. The highest BCUT2D eigenvalue weighted by molar-refractivity contribution is 5.92. The van der Waals surface area contributed by atoms with Gasteiger partial charge in [0, 0.05) is 12.0 Å². The largest absolute Gasteiger partial charge is 0.478 e. The van der Waals surface area contributed by atoms with E-state index in [9.17, 15) is 27.9 Å². The number of nitrogens with zero attached hydrogens (tertiary/aromatic N) is 1. The minimum atomic E-state index is -4.40. The molecule has 0 aliphatic carbocycles. The van der Waals surface area contributed by atoms with Crippen LogP contribution >= 0.6 is 0 Å². The molecule has 1 amide bonds. The number of aryl methyl sites for hydroxylation is 2. The van der Waals surface area contributed by atoms with Crippen LogP contribution in [0.2, 0.25) is 0 Å². The van der Waals surface area contributed by atoms with E-state index in [1.165, 1.54) is 26.0 Å². The predicted molar refractivity (Wildman–Crippen MR) is 135 cm³/mol. The Labute approximate surface area is 213 Å². The van der Waals surface area contributed by atoms with Crippen LogP contribution in [0.3, 0.4) is 0 Å². The maximum Gasteiger partial charge on any atom is 0.416 e. The van der Waals surface area contributed by atoms with E-state index in [1.54, 1.807) is 25.1 Å². The molecule has 3 aromatic rings. The third-order valence-corrected chi connectivity index (χ3v) is 6.01. The van der Waals surface area contributed by atoms with E-state index in [-0.39, 0.29) is 18.2 Å². The van der Waals surface area contributed by atoms with Gasteiger partial charge in [0.15, 0.2) is 5.60 Å². The highest BCUT2D eigenvalue weighted by atomic mass is 19.4. The number of carboxylic acid groups (broad SMARTS) is 1. The van der Waals surface area contributed by atoms with Gasteiger partial charge in [-0.1, -0.05) is 31.2 Å². The number of benzene rings is 2. The molecule has 37 heavy (non-hydrogen) atoms. The van der Waals surface area contributed by atoms with E-state index in [0.29, 0.717) is 28.4 Å². The Morgan fingerprint density at radius 1 is 1.03 bits per heavy atom. The molecule has 2 N–H and O–H groups in total. The average molecular weight is 515 g/mol. The number of anilines is 1. The van der Waals surface area contributed by atoms with Gasteiger partial charge in [0.1, 0.15) is 5.75 Å². The molecule has 0 radical (unpaired) electrons. The second-order valence-corrected chi connectivity index (χ2v) is 9.50. The molecule has 1 aromatic heterocycles. The number of carbonyl (C=O) groups excluding carboxylic acids is 1. The lowest BCUT2D eigenvalue weighted by Crippen LogP contribution is -2.38. The first-order valence-electron chi connectivity index (χ1n) is 11.7. The van der Waals surface area contributed by atoms with Gasteiger partial charge < -0.3 is 15.2 Å². The second-order valence-electron chi connectivity index (χ2n) is 9.50. The molecule has 6 nitrogen and oxygen atoms in total. The molecule has 0 aliphatic rings. The van der Waals surface area contributed by atoms with Gasteiger partial charge in [-0.25, -0.2) is 4.79 Å². The Morgan fingerprint density at radius 3 is 2.22 bits per heavy atom. The van der Waals surface area contributed by atoms with Crippen molar-refractivity contribution in [3.8, 4) is 17.0 Å². The summed E-state index contributed by atoms with van der Waals surface area (Å²) in [6.07, 6.45) is -4.21. The Morgan fingerprint density at radius 2 is 1.68 bits per heavy atom. The van der Waals surface area contributed by atoms with Gasteiger partial charge in [0.05, 0.1) is 22.6 Å². The Hall–Kier alpha value is -3.88. The van der Waals surface area contributed by atoms with Crippen LogP contribution in [0.1, 0.15) is 55.5 Å². The highest BCUT2D eigenvalue weighted by Crippen LogP contribution is 2.32. The van der Waals surface area contributed by atoms with Crippen molar-refractivity contribution in [2.24, 2.45) is 0 Å². The van der Waals surface area contributed by atoms with E-state index in [2.05, 4.69) is 10.3 Å². The summed E-state index contributed by atoms with van der Waals surface area (Å²) in [5, 5.41) is 12.1. The van der Waals surface area contributed by atoms with Crippen molar-refractivity contribution < 1.29 is 32.6 Å². The van der Waals surface area contributed by atoms with Crippen molar-refractivity contribution in [3.63, 3.8) is 0 Å². The number of rotatable bonds is 8. The first-order valence-corrected chi connectivity index (χ1v) is 11.7. The molecule has 0 saturated heterocycles. The summed E-state index contributed by atoms with van der Waals surface area (Å²) in [5.41, 5.74) is 1.66. The molecule has 1 atom stereocenters. The lowest BCUT2D eigenvalue weighted by Gasteiger charge is -2.23. The third kappa shape index (κ3) is 6.87. The monoisotopic (exact) mass is 514 g/mol. The number of carbonyl (C=O) groups is 2. The van der Waals surface area contributed by atoms with E-state index in [1.807, 2.05) is 26.0 Å². The minimum Gasteiger partial charge on any atom is -0.478 e. The van der Waals surface area contributed by atoms with Crippen LogP contribution in [0.4, 0.5) is 18.9 Å². The fourth-order valence-electron chi connectivity index (χ4n) is 3.69. The van der Waals surface area contributed by atoms with E-state index in [0.717, 1.165) is 23.3 Å². The number of hydrogen-bond acceptors (Lipinski definition) is 4. The Kier molecular flexibility index (Phi) is 7.95. The van der Waals surface area contributed by atoms with Gasteiger partial charge in [0.25, 0.3) is 0 Å². The number of aromatic nitrogens is 1. The number of halogens is 3. The zero-order valence-corrected chi connectivity index (χ0v) is 21.2. The predicted octanol–water partition coefficient (Wildman–Crippen LogP) is 6.76. The fourth-order valence-corrected chi connectivity index (χ4v) is 3.69. The van der Waals surface area contributed by atoms with Gasteiger partial charge in [-0.3, -0.25) is 9.78 Å². The van der Waals surface area contributed by atoms with Gasteiger partial charge in [-0.05, 0) is 75.1 Å². The number of pyridine rings is 1. The van der Waals surface area contributed by atoms with Crippen molar-refractivity contribution in [2.75, 3.05) is 5.32 Å². The summed E-state index contributed by atoms with van der Waals surface area (Å²) in [6, 6.07) is 13.5. The molecule has 0 fully saturated rings. The molecule has 0 aliphatic heterocycles. The molecular formula is C28H29F3N2O4. The van der Waals surface area contributed by atoms with Crippen LogP contribution < -0.4 is 10.1 Å². The number of carboxylic acids is 1. The summed E-state index contributed by atoms with van der Waals surface area (Å²) in [6.45, 7) is 8.39. The maximum atomic E-state index is 12.8. The molecule has 1 heterocycles. The number of amides is 1. The van der Waals surface area contributed by atoms with Crippen molar-refractivity contribution in [1.29, 1.82) is 0 Å². The van der Waals surface area contributed by atoms with Gasteiger partial charge >= 0.3 is 12.1 Å². The molecule has 0 bridgehead atoms. The summed E-state index contributed by atoms with van der Waals surface area (Å²) in [7, 11) is 0. The van der Waals surface area contributed by atoms with Crippen molar-refractivity contribution in [3.05, 3.63) is 77.0 Å². The van der Waals surface area contributed by atoms with Gasteiger partial charge in [0.2, 0.25) is 5.91 Å². The topological polar surface area (TPSA) is 88.5 Å². The lowest BCUT2D eigenvalue weighted by molar-refractivity contribution is -0.152. The number of alkyl halides is 3. The third-order valence-electron chi connectivity index (χ3n) is 6.01.